The van der Waals surface area contributed by atoms with E-state index in [1.807, 2.05) is 35.2 Å². The number of pyridine rings is 2. The van der Waals surface area contributed by atoms with E-state index in [-0.39, 0.29) is 11.9 Å². The zero-order valence-corrected chi connectivity index (χ0v) is 15.1. The molecule has 0 atom stereocenters. The first-order valence-electron chi connectivity index (χ1n) is 9.33. The summed E-state index contributed by atoms with van der Waals surface area (Å²) in [5.41, 5.74) is 1.50. The lowest BCUT2D eigenvalue weighted by atomic mass is 9.93. The Morgan fingerprint density at radius 1 is 1.04 bits per heavy atom. The lowest BCUT2D eigenvalue weighted by molar-refractivity contribution is 0.0610. The Hall–Kier alpha value is -3.09. The van der Waals surface area contributed by atoms with Gasteiger partial charge in [0, 0.05) is 18.4 Å². The molecule has 0 unspecified atom stereocenters. The highest BCUT2D eigenvalue weighted by Crippen LogP contribution is 2.25. The quantitative estimate of drug-likeness (QED) is 0.697. The van der Waals surface area contributed by atoms with Gasteiger partial charge in [-0.3, -0.25) is 14.3 Å². The van der Waals surface area contributed by atoms with Crippen LogP contribution in [-0.4, -0.2) is 41.6 Å². The van der Waals surface area contributed by atoms with Crippen LogP contribution in [0, 0.1) is 0 Å². The van der Waals surface area contributed by atoms with Gasteiger partial charge in [0.2, 0.25) is 0 Å². The topological polar surface area (TPSA) is 76.8 Å². The highest BCUT2D eigenvalue weighted by Gasteiger charge is 2.27. The fraction of sp³-hybridized carbons (Fsp3) is 0.350. The van der Waals surface area contributed by atoms with E-state index in [4.69, 9.17) is 0 Å². The Labute approximate surface area is 158 Å². The van der Waals surface area contributed by atoms with Crippen molar-refractivity contribution in [1.82, 2.24) is 29.6 Å². The van der Waals surface area contributed by atoms with E-state index < -0.39 is 0 Å². The van der Waals surface area contributed by atoms with E-state index in [0.717, 1.165) is 18.5 Å². The number of rotatable bonds is 5. The SMILES string of the molecule is O=C(c1ccc(-n2cnnc2)nc1)N(Cc1ccccn1)C1CCCCC1. The molecule has 7 nitrogen and oxygen atoms in total. The molecule has 1 aliphatic rings. The molecule has 7 heteroatoms. The van der Waals surface area contributed by atoms with E-state index in [9.17, 15) is 4.79 Å². The standard InChI is InChI=1S/C20H22N6O/c27-20(16-9-10-19(22-12-16)25-14-23-24-15-25)26(18-7-2-1-3-8-18)13-17-6-4-5-11-21-17/h4-6,9-12,14-15,18H,1-3,7-8,13H2. The van der Waals surface area contributed by atoms with Gasteiger partial charge in [0.1, 0.15) is 18.5 Å². The second-order valence-electron chi connectivity index (χ2n) is 6.82. The Morgan fingerprint density at radius 3 is 2.52 bits per heavy atom. The molecular weight excluding hydrogens is 340 g/mol. The lowest BCUT2D eigenvalue weighted by Gasteiger charge is -2.34. The van der Waals surface area contributed by atoms with Crippen molar-refractivity contribution in [2.24, 2.45) is 0 Å². The summed E-state index contributed by atoms with van der Waals surface area (Å²) in [5, 5.41) is 7.57. The van der Waals surface area contributed by atoms with Crippen molar-refractivity contribution < 1.29 is 4.79 Å². The summed E-state index contributed by atoms with van der Waals surface area (Å²) in [6.07, 6.45) is 12.2. The third-order valence-electron chi connectivity index (χ3n) is 5.01. The lowest BCUT2D eigenvalue weighted by Crippen LogP contribution is -2.41. The van der Waals surface area contributed by atoms with Crippen LogP contribution in [-0.2, 0) is 6.54 Å². The molecule has 0 aromatic carbocycles. The van der Waals surface area contributed by atoms with Gasteiger partial charge in [-0.2, -0.15) is 0 Å². The van der Waals surface area contributed by atoms with Crippen LogP contribution in [0.3, 0.4) is 0 Å². The summed E-state index contributed by atoms with van der Waals surface area (Å²) >= 11 is 0. The fourth-order valence-corrected chi connectivity index (χ4v) is 3.58. The average molecular weight is 362 g/mol. The second kappa shape index (κ2) is 8.07. The number of carbonyl (C=O) groups excluding carboxylic acids is 1. The number of hydrogen-bond donors (Lipinski definition) is 0. The van der Waals surface area contributed by atoms with Crippen molar-refractivity contribution >= 4 is 5.91 Å². The molecule has 3 heterocycles. The highest BCUT2D eigenvalue weighted by molar-refractivity contribution is 5.94. The zero-order valence-electron chi connectivity index (χ0n) is 15.1. The average Bonchev–Trinajstić information content (AvgIpc) is 3.28. The van der Waals surface area contributed by atoms with Gasteiger partial charge in [0.25, 0.3) is 5.91 Å². The second-order valence-corrected chi connectivity index (χ2v) is 6.82. The molecular formula is C20H22N6O. The predicted octanol–water partition coefficient (Wildman–Crippen LogP) is 3.03. The number of nitrogens with zero attached hydrogens (tertiary/aromatic N) is 6. The van der Waals surface area contributed by atoms with Gasteiger partial charge in [-0.1, -0.05) is 25.3 Å². The van der Waals surface area contributed by atoms with Crippen LogP contribution in [0.5, 0.6) is 0 Å². The van der Waals surface area contributed by atoms with E-state index in [1.165, 1.54) is 19.3 Å². The molecule has 1 saturated carbocycles. The number of hydrogen-bond acceptors (Lipinski definition) is 5. The molecule has 0 N–H and O–H groups in total. The Kier molecular flexibility index (Phi) is 5.18. The maximum Gasteiger partial charge on any atom is 0.256 e. The van der Waals surface area contributed by atoms with Crippen molar-refractivity contribution in [2.45, 2.75) is 44.7 Å². The molecule has 1 amide bonds. The third kappa shape index (κ3) is 4.02. The highest BCUT2D eigenvalue weighted by atomic mass is 16.2. The smallest absolute Gasteiger partial charge is 0.256 e. The van der Waals surface area contributed by atoms with Gasteiger partial charge in [-0.05, 0) is 37.1 Å². The third-order valence-corrected chi connectivity index (χ3v) is 5.01. The summed E-state index contributed by atoms with van der Waals surface area (Å²) < 4.78 is 1.71. The predicted molar refractivity (Wildman–Crippen MR) is 100 cm³/mol. The maximum atomic E-state index is 13.3. The number of amides is 1. The molecule has 0 saturated heterocycles. The molecule has 0 aliphatic heterocycles. The van der Waals surface area contributed by atoms with Crippen LogP contribution in [0.1, 0.15) is 48.2 Å². The summed E-state index contributed by atoms with van der Waals surface area (Å²) in [4.78, 5) is 24.0. The van der Waals surface area contributed by atoms with Gasteiger partial charge < -0.3 is 4.90 Å². The van der Waals surface area contributed by atoms with Crippen molar-refractivity contribution in [1.29, 1.82) is 0 Å². The van der Waals surface area contributed by atoms with Crippen LogP contribution in [0.25, 0.3) is 5.82 Å². The zero-order chi connectivity index (χ0) is 18.5. The first-order chi connectivity index (χ1) is 13.3. The van der Waals surface area contributed by atoms with Crippen LogP contribution in [0.15, 0.2) is 55.4 Å². The molecule has 3 aromatic rings. The van der Waals surface area contributed by atoms with Gasteiger partial charge in [0.15, 0.2) is 0 Å². The molecule has 3 aromatic heterocycles. The minimum Gasteiger partial charge on any atom is -0.330 e. The minimum absolute atomic E-state index is 0.00959. The Balaban J connectivity index is 1.57. The van der Waals surface area contributed by atoms with Crippen molar-refractivity contribution in [3.05, 3.63) is 66.6 Å². The van der Waals surface area contributed by atoms with Crippen molar-refractivity contribution in [2.75, 3.05) is 0 Å². The largest absolute Gasteiger partial charge is 0.330 e. The molecule has 0 radical (unpaired) electrons. The van der Waals surface area contributed by atoms with E-state index in [1.54, 1.807) is 29.6 Å². The fourth-order valence-electron chi connectivity index (χ4n) is 3.58. The Morgan fingerprint density at radius 2 is 1.85 bits per heavy atom. The van der Waals surface area contributed by atoms with E-state index >= 15 is 0 Å². The monoisotopic (exact) mass is 362 g/mol. The van der Waals surface area contributed by atoms with E-state index in [2.05, 4.69) is 20.2 Å². The molecule has 0 spiro atoms. The summed E-state index contributed by atoms with van der Waals surface area (Å²) in [6, 6.07) is 9.71. The summed E-state index contributed by atoms with van der Waals surface area (Å²) in [5.74, 6) is 0.695. The van der Waals surface area contributed by atoms with Gasteiger partial charge in [-0.25, -0.2) is 4.98 Å². The van der Waals surface area contributed by atoms with Crippen LogP contribution in [0.2, 0.25) is 0 Å². The number of carbonyl (C=O) groups is 1. The molecule has 1 aliphatic carbocycles. The van der Waals surface area contributed by atoms with Crippen LogP contribution in [0.4, 0.5) is 0 Å². The first-order valence-corrected chi connectivity index (χ1v) is 9.33. The Bertz CT molecular complexity index is 857. The van der Waals surface area contributed by atoms with Crippen molar-refractivity contribution in [3.63, 3.8) is 0 Å². The molecule has 27 heavy (non-hydrogen) atoms. The van der Waals surface area contributed by atoms with Crippen molar-refractivity contribution in [3.8, 4) is 5.82 Å². The molecule has 4 rings (SSSR count). The molecule has 0 bridgehead atoms. The normalized spacial score (nSPS) is 14.8. The summed E-state index contributed by atoms with van der Waals surface area (Å²) in [7, 11) is 0. The van der Waals surface area contributed by atoms with Crippen LogP contribution >= 0.6 is 0 Å². The van der Waals surface area contributed by atoms with Gasteiger partial charge >= 0.3 is 0 Å². The van der Waals surface area contributed by atoms with Gasteiger partial charge in [-0.15, -0.1) is 10.2 Å². The maximum absolute atomic E-state index is 13.3. The summed E-state index contributed by atoms with van der Waals surface area (Å²) in [6.45, 7) is 0.525. The molecule has 1 fully saturated rings. The first kappa shape index (κ1) is 17.3. The number of aromatic nitrogens is 5. The van der Waals surface area contributed by atoms with E-state index in [0.29, 0.717) is 17.9 Å². The minimum atomic E-state index is 0.00959. The van der Waals surface area contributed by atoms with Gasteiger partial charge in [0.05, 0.1) is 17.8 Å². The van der Waals surface area contributed by atoms with Crippen LogP contribution < -0.4 is 0 Å². The molecule has 138 valence electrons.